The Bertz CT molecular complexity index is 384. The van der Waals surface area contributed by atoms with Gasteiger partial charge in [-0.2, -0.15) is 0 Å². The number of esters is 1. The van der Waals surface area contributed by atoms with Crippen LogP contribution in [0.5, 0.6) is 0 Å². The number of hydrogen-bond donors (Lipinski definition) is 0. The number of aromatic nitrogens is 1. The van der Waals surface area contributed by atoms with Gasteiger partial charge in [0.2, 0.25) is 5.76 Å². The zero-order chi connectivity index (χ0) is 13.5. The third kappa shape index (κ3) is 4.14. The lowest BCUT2D eigenvalue weighted by Gasteiger charge is -2.02. The number of ether oxygens (including phenoxy) is 2. The summed E-state index contributed by atoms with van der Waals surface area (Å²) in [6.45, 7) is 6.75. The molecule has 1 heterocycles. The van der Waals surface area contributed by atoms with Crippen molar-refractivity contribution in [2.24, 2.45) is 5.92 Å². The number of methoxy groups -OCH3 is 1. The summed E-state index contributed by atoms with van der Waals surface area (Å²) in [5.41, 5.74) is 0.676. The normalized spacial score (nSPS) is 10.9. The minimum absolute atomic E-state index is 0.233. The van der Waals surface area contributed by atoms with E-state index in [2.05, 4.69) is 18.8 Å². The van der Waals surface area contributed by atoms with E-state index in [9.17, 15) is 4.79 Å². The fraction of sp³-hybridized carbons (Fsp3) is 0.692. The van der Waals surface area contributed by atoms with Gasteiger partial charge in [0.25, 0.3) is 0 Å². The van der Waals surface area contributed by atoms with Gasteiger partial charge in [0.05, 0.1) is 18.9 Å². The van der Waals surface area contributed by atoms with E-state index in [0.717, 1.165) is 0 Å². The van der Waals surface area contributed by atoms with Crippen LogP contribution < -0.4 is 0 Å². The molecule has 1 aromatic heterocycles. The van der Waals surface area contributed by atoms with Crippen LogP contribution in [0.1, 0.15) is 42.9 Å². The molecule has 0 amide bonds. The SMILES string of the molecule is CCOC(=O)c1oc(CCOC)nc1CC(C)C. The van der Waals surface area contributed by atoms with Crippen molar-refractivity contribution in [2.45, 2.75) is 33.6 Å². The Morgan fingerprint density at radius 2 is 2.17 bits per heavy atom. The van der Waals surface area contributed by atoms with Crippen LogP contribution in [0.4, 0.5) is 0 Å². The average Bonchev–Trinajstić information content (AvgIpc) is 2.69. The van der Waals surface area contributed by atoms with Gasteiger partial charge < -0.3 is 13.9 Å². The van der Waals surface area contributed by atoms with E-state index in [0.29, 0.717) is 43.6 Å². The number of hydrogen-bond acceptors (Lipinski definition) is 5. The zero-order valence-corrected chi connectivity index (χ0v) is 11.5. The van der Waals surface area contributed by atoms with E-state index in [1.165, 1.54) is 0 Å². The summed E-state index contributed by atoms with van der Waals surface area (Å²) in [5.74, 6) is 0.718. The van der Waals surface area contributed by atoms with Gasteiger partial charge in [0, 0.05) is 13.5 Å². The van der Waals surface area contributed by atoms with Crippen LogP contribution in [0.25, 0.3) is 0 Å². The lowest BCUT2D eigenvalue weighted by atomic mass is 10.1. The van der Waals surface area contributed by atoms with Crippen LogP contribution in [-0.2, 0) is 22.3 Å². The lowest BCUT2D eigenvalue weighted by molar-refractivity contribution is 0.0485. The number of nitrogens with zero attached hydrogens (tertiary/aromatic N) is 1. The molecule has 0 aliphatic heterocycles. The second-order valence-corrected chi connectivity index (χ2v) is 4.44. The Kier molecular flexibility index (Phi) is 5.85. The number of carbonyl (C=O) groups is 1. The number of carbonyl (C=O) groups excluding carboxylic acids is 1. The number of oxazole rings is 1. The predicted molar refractivity (Wildman–Crippen MR) is 66.6 cm³/mol. The Labute approximate surface area is 107 Å². The van der Waals surface area contributed by atoms with Crippen LogP contribution in [0.15, 0.2) is 4.42 Å². The van der Waals surface area contributed by atoms with Gasteiger partial charge in [0.15, 0.2) is 5.89 Å². The molecule has 0 unspecified atom stereocenters. The molecular formula is C13H21NO4. The van der Waals surface area contributed by atoms with Crippen molar-refractivity contribution in [3.8, 4) is 0 Å². The molecule has 0 aliphatic rings. The van der Waals surface area contributed by atoms with Gasteiger partial charge in [-0.05, 0) is 19.3 Å². The minimum atomic E-state index is -0.440. The Balaban J connectivity index is 2.89. The van der Waals surface area contributed by atoms with Crippen LogP contribution in [0.3, 0.4) is 0 Å². The van der Waals surface area contributed by atoms with E-state index < -0.39 is 5.97 Å². The van der Waals surface area contributed by atoms with Crippen molar-refractivity contribution >= 4 is 5.97 Å². The molecule has 0 aromatic carbocycles. The van der Waals surface area contributed by atoms with Gasteiger partial charge in [-0.3, -0.25) is 0 Å². The molecule has 102 valence electrons. The van der Waals surface area contributed by atoms with Crippen molar-refractivity contribution in [1.82, 2.24) is 4.98 Å². The Hall–Kier alpha value is -1.36. The molecule has 0 spiro atoms. The van der Waals surface area contributed by atoms with Crippen LogP contribution in [-0.4, -0.2) is 31.3 Å². The van der Waals surface area contributed by atoms with E-state index in [4.69, 9.17) is 13.9 Å². The molecule has 0 aliphatic carbocycles. The highest BCUT2D eigenvalue weighted by molar-refractivity contribution is 5.87. The molecule has 5 nitrogen and oxygen atoms in total. The largest absolute Gasteiger partial charge is 0.460 e. The first-order valence-electron chi connectivity index (χ1n) is 6.23. The maximum absolute atomic E-state index is 11.7. The summed E-state index contributed by atoms with van der Waals surface area (Å²) in [6.07, 6.45) is 1.26. The van der Waals surface area contributed by atoms with Gasteiger partial charge in [-0.25, -0.2) is 9.78 Å². The predicted octanol–water partition coefficient (Wildman–Crippen LogP) is 2.24. The van der Waals surface area contributed by atoms with Crippen molar-refractivity contribution in [1.29, 1.82) is 0 Å². The molecular weight excluding hydrogens is 234 g/mol. The smallest absolute Gasteiger partial charge is 0.376 e. The topological polar surface area (TPSA) is 61.6 Å². The fourth-order valence-corrected chi connectivity index (χ4v) is 1.58. The van der Waals surface area contributed by atoms with Crippen molar-refractivity contribution in [3.63, 3.8) is 0 Å². The highest BCUT2D eigenvalue weighted by Crippen LogP contribution is 2.17. The molecule has 18 heavy (non-hydrogen) atoms. The third-order valence-corrected chi connectivity index (χ3v) is 2.32. The monoisotopic (exact) mass is 255 g/mol. The van der Waals surface area contributed by atoms with Crippen molar-refractivity contribution in [2.75, 3.05) is 20.3 Å². The summed E-state index contributed by atoms with van der Waals surface area (Å²) >= 11 is 0. The Morgan fingerprint density at radius 3 is 2.72 bits per heavy atom. The van der Waals surface area contributed by atoms with E-state index in [-0.39, 0.29) is 5.76 Å². The van der Waals surface area contributed by atoms with E-state index >= 15 is 0 Å². The van der Waals surface area contributed by atoms with E-state index in [1.807, 2.05) is 0 Å². The van der Waals surface area contributed by atoms with Crippen LogP contribution in [0, 0.1) is 5.92 Å². The molecule has 0 atom stereocenters. The summed E-state index contributed by atoms with van der Waals surface area (Å²) < 4.78 is 15.4. The second kappa shape index (κ2) is 7.16. The zero-order valence-electron chi connectivity index (χ0n) is 11.5. The first-order chi connectivity index (χ1) is 8.58. The van der Waals surface area contributed by atoms with Gasteiger partial charge in [-0.1, -0.05) is 13.8 Å². The minimum Gasteiger partial charge on any atom is -0.460 e. The first kappa shape index (κ1) is 14.7. The molecule has 0 saturated heterocycles. The highest BCUT2D eigenvalue weighted by atomic mass is 16.5. The van der Waals surface area contributed by atoms with Crippen molar-refractivity contribution in [3.05, 3.63) is 17.3 Å². The van der Waals surface area contributed by atoms with Gasteiger partial charge in [0.1, 0.15) is 0 Å². The van der Waals surface area contributed by atoms with Gasteiger partial charge >= 0.3 is 5.97 Å². The summed E-state index contributed by atoms with van der Waals surface area (Å²) in [5, 5.41) is 0. The van der Waals surface area contributed by atoms with Gasteiger partial charge in [-0.15, -0.1) is 0 Å². The first-order valence-corrected chi connectivity index (χ1v) is 6.23. The third-order valence-electron chi connectivity index (χ3n) is 2.32. The summed E-state index contributed by atoms with van der Waals surface area (Å²) in [4.78, 5) is 16.1. The molecule has 1 aromatic rings. The fourth-order valence-electron chi connectivity index (χ4n) is 1.58. The second-order valence-electron chi connectivity index (χ2n) is 4.44. The summed E-state index contributed by atoms with van der Waals surface area (Å²) in [6, 6.07) is 0. The van der Waals surface area contributed by atoms with Crippen LogP contribution in [0.2, 0.25) is 0 Å². The molecule has 0 bridgehead atoms. The molecule has 0 radical (unpaired) electrons. The standard InChI is InChI=1S/C13H21NO4/c1-5-17-13(15)12-10(8-9(2)3)14-11(18-12)6-7-16-4/h9H,5-8H2,1-4H3. The molecule has 5 heteroatoms. The average molecular weight is 255 g/mol. The lowest BCUT2D eigenvalue weighted by Crippen LogP contribution is -2.08. The molecule has 0 N–H and O–H groups in total. The molecule has 0 fully saturated rings. The maximum Gasteiger partial charge on any atom is 0.376 e. The molecule has 1 rings (SSSR count). The quantitative estimate of drug-likeness (QED) is 0.699. The van der Waals surface area contributed by atoms with E-state index in [1.54, 1.807) is 14.0 Å². The van der Waals surface area contributed by atoms with Crippen LogP contribution >= 0.6 is 0 Å². The summed E-state index contributed by atoms with van der Waals surface area (Å²) in [7, 11) is 1.62. The Morgan fingerprint density at radius 1 is 1.44 bits per heavy atom. The maximum atomic E-state index is 11.7. The highest BCUT2D eigenvalue weighted by Gasteiger charge is 2.21. The number of rotatable bonds is 7. The molecule has 0 saturated carbocycles. The van der Waals surface area contributed by atoms with Crippen molar-refractivity contribution < 1.29 is 18.7 Å².